The van der Waals surface area contributed by atoms with Gasteiger partial charge in [-0.05, 0) is 51.4 Å². The zero-order chi connectivity index (χ0) is 17.9. The highest BCUT2D eigenvalue weighted by Crippen LogP contribution is 2.18. The van der Waals surface area contributed by atoms with Crippen molar-refractivity contribution in [3.8, 4) is 0 Å². The zero-order valence-electron chi connectivity index (χ0n) is 15.0. The Morgan fingerprint density at radius 3 is 1.19 bits per heavy atom. The molecule has 0 heterocycles. The number of allylic oxidation sites excluding steroid dienone is 4. The van der Waals surface area contributed by atoms with Gasteiger partial charge in [0.05, 0.1) is 11.8 Å². The van der Waals surface area contributed by atoms with Gasteiger partial charge in [0.15, 0.2) is 0 Å². The van der Waals surface area contributed by atoms with Crippen LogP contribution in [0.2, 0.25) is 0 Å². The molecule has 6 nitrogen and oxygen atoms in total. The van der Waals surface area contributed by atoms with Crippen molar-refractivity contribution < 1.29 is 19.8 Å². The van der Waals surface area contributed by atoms with Gasteiger partial charge in [0.1, 0.15) is 0 Å². The van der Waals surface area contributed by atoms with Gasteiger partial charge in [0.2, 0.25) is 0 Å². The van der Waals surface area contributed by atoms with Crippen LogP contribution < -0.4 is 11.5 Å². The number of hydrogen-bond donors (Lipinski definition) is 4. The third-order valence-corrected chi connectivity index (χ3v) is 4.62. The predicted octanol–water partition coefficient (Wildman–Crippen LogP) is 3.13. The summed E-state index contributed by atoms with van der Waals surface area (Å²) in [6.07, 6.45) is 14.7. The Morgan fingerprint density at radius 2 is 0.923 bits per heavy atom. The molecule has 0 amide bonds. The smallest absolute Gasteiger partial charge is 0.308 e. The SMILES string of the molecule is Cl.Cl.N[C@@H]1CC/C=C\CC[C@@H]1C(=O)O.N[C@H]1CC/C=C\CC[C@H]1C(=O)O. The molecule has 8 heteroatoms. The lowest BCUT2D eigenvalue weighted by Crippen LogP contribution is -2.35. The lowest BCUT2D eigenvalue weighted by atomic mass is 9.90. The quantitative estimate of drug-likeness (QED) is 0.517. The van der Waals surface area contributed by atoms with Gasteiger partial charge in [-0.3, -0.25) is 9.59 Å². The molecular weight excluding hydrogens is 379 g/mol. The summed E-state index contributed by atoms with van der Waals surface area (Å²) in [5.74, 6) is -2.21. The van der Waals surface area contributed by atoms with Gasteiger partial charge in [-0.25, -0.2) is 0 Å². The molecule has 0 radical (unpaired) electrons. The molecule has 0 bridgehead atoms. The Bertz CT molecular complexity index is 430. The number of halogens is 2. The molecule has 0 aromatic carbocycles. The third-order valence-electron chi connectivity index (χ3n) is 4.62. The van der Waals surface area contributed by atoms with E-state index in [9.17, 15) is 9.59 Å². The monoisotopic (exact) mass is 410 g/mol. The maximum Gasteiger partial charge on any atom is 0.308 e. The molecule has 0 aromatic rings. The van der Waals surface area contributed by atoms with E-state index in [-0.39, 0.29) is 48.7 Å². The second-order valence-corrected chi connectivity index (χ2v) is 6.47. The maximum absolute atomic E-state index is 10.7. The normalized spacial score (nSPS) is 30.8. The number of nitrogens with two attached hydrogens (primary N) is 2. The second-order valence-electron chi connectivity index (χ2n) is 6.47. The first-order valence-corrected chi connectivity index (χ1v) is 8.70. The van der Waals surface area contributed by atoms with Gasteiger partial charge in [0.25, 0.3) is 0 Å². The van der Waals surface area contributed by atoms with Crippen LogP contribution in [0.1, 0.15) is 51.4 Å². The van der Waals surface area contributed by atoms with Gasteiger partial charge >= 0.3 is 11.9 Å². The molecule has 0 aromatic heterocycles. The number of hydrogen-bond acceptors (Lipinski definition) is 4. The largest absolute Gasteiger partial charge is 0.481 e. The topological polar surface area (TPSA) is 127 Å². The van der Waals surface area contributed by atoms with E-state index in [0.717, 1.165) is 38.5 Å². The number of carboxylic acids is 2. The van der Waals surface area contributed by atoms with Gasteiger partial charge in [-0.2, -0.15) is 0 Å². The minimum absolute atomic E-state index is 0. The summed E-state index contributed by atoms with van der Waals surface area (Å²) in [7, 11) is 0. The lowest BCUT2D eigenvalue weighted by molar-refractivity contribution is -0.143. The molecule has 2 aliphatic carbocycles. The molecule has 152 valence electrons. The van der Waals surface area contributed by atoms with Crippen LogP contribution in [0.15, 0.2) is 24.3 Å². The van der Waals surface area contributed by atoms with E-state index >= 15 is 0 Å². The van der Waals surface area contributed by atoms with Crippen molar-refractivity contribution in [3.63, 3.8) is 0 Å². The van der Waals surface area contributed by atoms with Crippen LogP contribution in [-0.4, -0.2) is 34.2 Å². The number of rotatable bonds is 2. The predicted molar refractivity (Wildman–Crippen MR) is 108 cm³/mol. The molecule has 26 heavy (non-hydrogen) atoms. The molecule has 6 N–H and O–H groups in total. The second kappa shape index (κ2) is 15.0. The lowest BCUT2D eigenvalue weighted by Gasteiger charge is -2.20. The zero-order valence-corrected chi connectivity index (χ0v) is 16.6. The van der Waals surface area contributed by atoms with E-state index in [1.807, 2.05) is 12.2 Å². The minimum atomic E-state index is -0.752. The van der Waals surface area contributed by atoms with Crippen LogP contribution in [0.3, 0.4) is 0 Å². The van der Waals surface area contributed by atoms with E-state index in [1.54, 1.807) is 0 Å². The number of carbonyl (C=O) groups is 2. The maximum atomic E-state index is 10.7. The van der Waals surface area contributed by atoms with Crippen LogP contribution in [0.5, 0.6) is 0 Å². The van der Waals surface area contributed by atoms with Gasteiger partial charge < -0.3 is 21.7 Å². The molecule has 0 fully saturated rings. The minimum Gasteiger partial charge on any atom is -0.481 e. The Labute approximate surface area is 167 Å². The van der Waals surface area contributed by atoms with Crippen LogP contribution in [0, 0.1) is 11.8 Å². The van der Waals surface area contributed by atoms with Crippen LogP contribution in [0.25, 0.3) is 0 Å². The van der Waals surface area contributed by atoms with Crippen molar-refractivity contribution in [2.24, 2.45) is 23.3 Å². The fourth-order valence-corrected chi connectivity index (χ4v) is 3.04. The van der Waals surface area contributed by atoms with Crippen LogP contribution in [0.4, 0.5) is 0 Å². The fraction of sp³-hybridized carbons (Fsp3) is 0.667. The Morgan fingerprint density at radius 1 is 0.654 bits per heavy atom. The summed E-state index contributed by atoms with van der Waals surface area (Å²) < 4.78 is 0. The molecule has 0 spiro atoms. The summed E-state index contributed by atoms with van der Waals surface area (Å²) in [5, 5.41) is 17.6. The van der Waals surface area contributed by atoms with Crippen LogP contribution in [-0.2, 0) is 9.59 Å². The summed E-state index contributed by atoms with van der Waals surface area (Å²) in [6, 6.07) is -0.347. The molecular formula is C18H32Cl2N2O4. The van der Waals surface area contributed by atoms with Crippen molar-refractivity contribution in [1.82, 2.24) is 0 Å². The first kappa shape index (κ1) is 27.1. The number of carboxylic acid groups (broad SMARTS) is 2. The molecule has 0 saturated heterocycles. The molecule has 2 aliphatic rings. The fourth-order valence-electron chi connectivity index (χ4n) is 3.04. The summed E-state index contributed by atoms with van der Waals surface area (Å²) in [6.45, 7) is 0. The Kier molecular flexibility index (Phi) is 15.7. The van der Waals surface area contributed by atoms with E-state index < -0.39 is 11.9 Å². The summed E-state index contributed by atoms with van der Waals surface area (Å²) in [4.78, 5) is 21.5. The Balaban J connectivity index is 0. The molecule has 0 unspecified atom stereocenters. The van der Waals surface area contributed by atoms with Crippen LogP contribution >= 0.6 is 24.8 Å². The molecule has 2 rings (SSSR count). The summed E-state index contributed by atoms with van der Waals surface area (Å²) >= 11 is 0. The summed E-state index contributed by atoms with van der Waals surface area (Å²) in [5.41, 5.74) is 11.5. The van der Waals surface area contributed by atoms with Crippen molar-refractivity contribution in [2.45, 2.75) is 63.5 Å². The van der Waals surface area contributed by atoms with E-state index in [4.69, 9.17) is 21.7 Å². The first-order valence-electron chi connectivity index (χ1n) is 8.70. The van der Waals surface area contributed by atoms with Crippen molar-refractivity contribution in [1.29, 1.82) is 0 Å². The highest BCUT2D eigenvalue weighted by Gasteiger charge is 2.25. The van der Waals surface area contributed by atoms with E-state index in [2.05, 4.69) is 12.2 Å². The van der Waals surface area contributed by atoms with Crippen molar-refractivity contribution in [2.75, 3.05) is 0 Å². The average Bonchev–Trinajstić information content (AvgIpc) is 2.47. The van der Waals surface area contributed by atoms with E-state index in [0.29, 0.717) is 12.8 Å². The van der Waals surface area contributed by atoms with Crippen molar-refractivity contribution in [3.05, 3.63) is 24.3 Å². The third kappa shape index (κ3) is 10.2. The molecule has 0 saturated carbocycles. The van der Waals surface area contributed by atoms with Gasteiger partial charge in [0, 0.05) is 12.1 Å². The van der Waals surface area contributed by atoms with Crippen molar-refractivity contribution >= 4 is 36.8 Å². The standard InChI is InChI=1S/2C9H15NO2.2ClH/c2*10-8-6-4-2-1-3-5-7(8)9(11)12;;/h2*1-2,7-8H,3-6,10H2,(H,11,12);2*1H/b2*2-1-;;/t2*7-,8+;;/m10../s1. The van der Waals surface area contributed by atoms with Gasteiger partial charge in [-0.1, -0.05) is 24.3 Å². The van der Waals surface area contributed by atoms with Gasteiger partial charge in [-0.15, -0.1) is 24.8 Å². The average molecular weight is 411 g/mol. The first-order chi connectivity index (χ1) is 11.4. The molecule has 0 aliphatic heterocycles. The highest BCUT2D eigenvalue weighted by atomic mass is 35.5. The Hall–Kier alpha value is -1.08. The van der Waals surface area contributed by atoms with E-state index in [1.165, 1.54) is 0 Å². The highest BCUT2D eigenvalue weighted by molar-refractivity contribution is 5.85. The molecule has 4 atom stereocenters. The number of aliphatic carboxylic acids is 2.